The number of aromatic nitrogens is 2. The highest BCUT2D eigenvalue weighted by atomic mass is 16.5. The van der Waals surface area contributed by atoms with Crippen LogP contribution in [0.2, 0.25) is 0 Å². The van der Waals surface area contributed by atoms with Crippen molar-refractivity contribution in [3.05, 3.63) is 47.8 Å². The highest BCUT2D eigenvalue weighted by Crippen LogP contribution is 2.21. The first-order valence-electron chi connectivity index (χ1n) is 6.19. The number of nitrogens with zero attached hydrogens (tertiary/aromatic N) is 3. The fourth-order valence-electron chi connectivity index (χ4n) is 1.61. The van der Waals surface area contributed by atoms with E-state index in [-0.39, 0.29) is 11.8 Å². The van der Waals surface area contributed by atoms with Crippen molar-refractivity contribution in [1.82, 2.24) is 9.97 Å². The van der Waals surface area contributed by atoms with Crippen LogP contribution in [-0.2, 0) is 0 Å². The predicted molar refractivity (Wildman–Crippen MR) is 75.1 cm³/mol. The van der Waals surface area contributed by atoms with Gasteiger partial charge in [0.05, 0.1) is 0 Å². The van der Waals surface area contributed by atoms with Crippen molar-refractivity contribution in [2.45, 2.75) is 19.8 Å². The molecule has 0 unspecified atom stereocenters. The third-order valence-corrected chi connectivity index (χ3v) is 2.76. The number of hydrogen-bond donors (Lipinski definition) is 2. The Kier molecular flexibility index (Phi) is 4.14. The molecule has 0 saturated carbocycles. The van der Waals surface area contributed by atoms with Gasteiger partial charge in [-0.15, -0.1) is 0 Å². The van der Waals surface area contributed by atoms with E-state index in [0.29, 0.717) is 17.4 Å². The molecule has 0 aliphatic rings. The zero-order chi connectivity index (χ0) is 14.5. The highest BCUT2D eigenvalue weighted by molar-refractivity contribution is 5.95. The molecular weight excluding hydrogens is 256 g/mol. The van der Waals surface area contributed by atoms with Gasteiger partial charge in [0.2, 0.25) is 0 Å². The van der Waals surface area contributed by atoms with Crippen molar-refractivity contribution >= 4 is 5.84 Å². The molecule has 1 heterocycles. The maximum absolute atomic E-state index is 8.61. The van der Waals surface area contributed by atoms with Gasteiger partial charge in [-0.1, -0.05) is 31.1 Å². The molecule has 0 amide bonds. The first-order valence-corrected chi connectivity index (χ1v) is 6.19. The Morgan fingerprint density at radius 2 is 1.95 bits per heavy atom. The molecule has 0 aliphatic carbocycles. The molecule has 0 spiro atoms. The van der Waals surface area contributed by atoms with E-state index in [9.17, 15) is 0 Å². The highest BCUT2D eigenvalue weighted by Gasteiger charge is 2.06. The first-order chi connectivity index (χ1) is 9.60. The minimum absolute atomic E-state index is 0.0904. The molecule has 0 radical (unpaired) electrons. The van der Waals surface area contributed by atoms with Crippen LogP contribution in [0.15, 0.2) is 41.7 Å². The van der Waals surface area contributed by atoms with E-state index < -0.39 is 0 Å². The summed E-state index contributed by atoms with van der Waals surface area (Å²) in [4.78, 5) is 8.03. The number of nitrogens with two attached hydrogens (primary N) is 1. The summed E-state index contributed by atoms with van der Waals surface area (Å²) in [5.74, 6) is 1.00. The van der Waals surface area contributed by atoms with Gasteiger partial charge < -0.3 is 15.7 Å². The van der Waals surface area contributed by atoms with Gasteiger partial charge in [-0.2, -0.15) is 4.98 Å². The average molecular weight is 272 g/mol. The van der Waals surface area contributed by atoms with Gasteiger partial charge in [0.25, 0.3) is 0 Å². The molecule has 0 atom stereocenters. The predicted octanol–water partition coefficient (Wildman–Crippen LogP) is 2.49. The fraction of sp³-hybridized carbons (Fsp3) is 0.214. The van der Waals surface area contributed by atoms with Gasteiger partial charge in [-0.25, -0.2) is 4.98 Å². The summed E-state index contributed by atoms with van der Waals surface area (Å²) in [6, 6.07) is 9.38. The van der Waals surface area contributed by atoms with Crippen LogP contribution in [0.1, 0.15) is 31.0 Å². The summed E-state index contributed by atoms with van der Waals surface area (Å²) in [6.07, 6.45) is 1.48. The van der Waals surface area contributed by atoms with Gasteiger partial charge in [-0.05, 0) is 29.7 Å². The number of rotatable bonds is 4. The van der Waals surface area contributed by atoms with E-state index in [4.69, 9.17) is 15.7 Å². The maximum atomic E-state index is 8.61. The van der Waals surface area contributed by atoms with Crippen molar-refractivity contribution in [3.8, 4) is 11.8 Å². The molecule has 2 aromatic rings. The van der Waals surface area contributed by atoms with E-state index in [1.54, 1.807) is 0 Å². The maximum Gasteiger partial charge on any atom is 0.322 e. The summed E-state index contributed by atoms with van der Waals surface area (Å²) >= 11 is 0. The Morgan fingerprint density at radius 1 is 1.25 bits per heavy atom. The lowest BCUT2D eigenvalue weighted by Crippen LogP contribution is -2.15. The summed E-state index contributed by atoms with van der Waals surface area (Å²) in [5.41, 5.74) is 6.99. The number of ether oxygens (including phenoxy) is 1. The van der Waals surface area contributed by atoms with Crippen LogP contribution in [0, 0.1) is 0 Å². The van der Waals surface area contributed by atoms with Crippen molar-refractivity contribution in [1.29, 1.82) is 0 Å². The van der Waals surface area contributed by atoms with Crippen LogP contribution < -0.4 is 10.5 Å². The quantitative estimate of drug-likeness (QED) is 0.386. The smallest absolute Gasteiger partial charge is 0.322 e. The minimum atomic E-state index is -0.0904. The van der Waals surface area contributed by atoms with E-state index >= 15 is 0 Å². The molecule has 104 valence electrons. The molecular formula is C14H16N4O2. The minimum Gasteiger partial charge on any atom is -0.424 e. The van der Waals surface area contributed by atoms with Crippen molar-refractivity contribution in [3.63, 3.8) is 0 Å². The number of hydrogen-bond acceptors (Lipinski definition) is 5. The Balaban J connectivity index is 2.17. The second-order valence-corrected chi connectivity index (χ2v) is 4.54. The first kappa shape index (κ1) is 13.8. The van der Waals surface area contributed by atoms with E-state index in [2.05, 4.69) is 29.0 Å². The van der Waals surface area contributed by atoms with E-state index in [1.165, 1.54) is 17.8 Å². The molecule has 0 saturated heterocycles. The second kappa shape index (κ2) is 6.01. The normalized spacial score (nSPS) is 11.7. The molecule has 1 aromatic heterocycles. The largest absolute Gasteiger partial charge is 0.424 e. The third-order valence-electron chi connectivity index (χ3n) is 2.76. The number of benzene rings is 1. The van der Waals surface area contributed by atoms with Crippen molar-refractivity contribution in [2.24, 2.45) is 10.9 Å². The van der Waals surface area contributed by atoms with E-state index in [1.807, 2.05) is 24.3 Å². The van der Waals surface area contributed by atoms with Gasteiger partial charge in [0, 0.05) is 6.20 Å². The monoisotopic (exact) mass is 272 g/mol. The Hall–Kier alpha value is -2.63. The summed E-state index contributed by atoms with van der Waals surface area (Å²) in [6.45, 7) is 4.25. The standard InChI is InChI=1S/C14H16N4O2/c1-9(2)10-3-5-11(6-4-10)20-14-16-8-7-12(17-14)13(15)18-19/h3-9,19H,1-2H3,(H2,15,18). The molecule has 20 heavy (non-hydrogen) atoms. The number of amidine groups is 1. The van der Waals surface area contributed by atoms with E-state index in [0.717, 1.165) is 0 Å². The van der Waals surface area contributed by atoms with Gasteiger partial charge in [0.1, 0.15) is 11.4 Å². The number of oxime groups is 1. The lowest BCUT2D eigenvalue weighted by Gasteiger charge is -2.07. The van der Waals surface area contributed by atoms with Crippen molar-refractivity contribution in [2.75, 3.05) is 0 Å². The molecule has 3 N–H and O–H groups in total. The summed E-state index contributed by atoms with van der Waals surface area (Å²) < 4.78 is 5.53. The Labute approximate surface area is 116 Å². The lowest BCUT2D eigenvalue weighted by atomic mass is 10.0. The van der Waals surface area contributed by atoms with Crippen LogP contribution in [-0.4, -0.2) is 21.0 Å². The van der Waals surface area contributed by atoms with Crippen LogP contribution in [0.4, 0.5) is 0 Å². The zero-order valence-electron chi connectivity index (χ0n) is 11.3. The van der Waals surface area contributed by atoms with Gasteiger partial charge >= 0.3 is 6.01 Å². The zero-order valence-corrected chi connectivity index (χ0v) is 11.3. The van der Waals surface area contributed by atoms with Crippen LogP contribution in [0.25, 0.3) is 0 Å². The molecule has 0 fully saturated rings. The molecule has 2 rings (SSSR count). The average Bonchev–Trinajstić information content (AvgIpc) is 2.47. The molecule has 1 aromatic carbocycles. The summed E-state index contributed by atoms with van der Waals surface area (Å²) in [7, 11) is 0. The molecule has 6 heteroatoms. The second-order valence-electron chi connectivity index (χ2n) is 4.54. The third kappa shape index (κ3) is 3.23. The Morgan fingerprint density at radius 3 is 2.55 bits per heavy atom. The SMILES string of the molecule is CC(C)c1ccc(Oc2nccc(/C(N)=N/O)n2)cc1. The van der Waals surface area contributed by atoms with Crippen LogP contribution >= 0.6 is 0 Å². The van der Waals surface area contributed by atoms with Crippen LogP contribution in [0.3, 0.4) is 0 Å². The molecule has 0 aliphatic heterocycles. The van der Waals surface area contributed by atoms with Crippen molar-refractivity contribution < 1.29 is 9.94 Å². The molecule has 6 nitrogen and oxygen atoms in total. The fourth-order valence-corrected chi connectivity index (χ4v) is 1.61. The molecule has 0 bridgehead atoms. The Bertz CT molecular complexity index is 609. The summed E-state index contributed by atoms with van der Waals surface area (Å²) in [5, 5.41) is 11.5. The topological polar surface area (TPSA) is 93.6 Å². The van der Waals surface area contributed by atoms with Gasteiger partial charge in [0.15, 0.2) is 5.84 Å². The van der Waals surface area contributed by atoms with Gasteiger partial charge in [-0.3, -0.25) is 0 Å². The lowest BCUT2D eigenvalue weighted by molar-refractivity contribution is 0.318. The van der Waals surface area contributed by atoms with Crippen LogP contribution in [0.5, 0.6) is 11.8 Å².